The fourth-order valence-electron chi connectivity index (χ4n) is 1.39. The van der Waals surface area contributed by atoms with Crippen LogP contribution in [0.15, 0.2) is 15.3 Å². The minimum Gasteiger partial charge on any atom is -0.470 e. The van der Waals surface area contributed by atoms with Crippen molar-refractivity contribution in [1.82, 2.24) is 9.97 Å². The van der Waals surface area contributed by atoms with Crippen LogP contribution in [-0.2, 0) is 0 Å². The maximum absolute atomic E-state index is 10.8. The van der Waals surface area contributed by atoms with Crippen molar-refractivity contribution in [3.8, 4) is 5.88 Å². The Bertz CT molecular complexity index is 565. The Hall–Kier alpha value is -2.74. The molecule has 1 N–H and O–H groups in total. The Balaban J connectivity index is 3.17. The van der Waals surface area contributed by atoms with Crippen molar-refractivity contribution in [3.05, 3.63) is 21.2 Å². The second kappa shape index (κ2) is 7.64. The molecular formula is C10H14N8O2. The van der Waals surface area contributed by atoms with Gasteiger partial charge < -0.3 is 10.1 Å². The Morgan fingerprint density at radius 1 is 1.50 bits per heavy atom. The molecule has 0 unspecified atom stereocenters. The van der Waals surface area contributed by atoms with Crippen molar-refractivity contribution in [2.24, 2.45) is 15.3 Å². The van der Waals surface area contributed by atoms with Crippen LogP contribution in [-0.4, -0.2) is 29.1 Å². The number of amidine groups is 1. The minimum atomic E-state index is -0.260. The molecule has 0 bridgehead atoms. The predicted molar refractivity (Wildman–Crippen MR) is 74.1 cm³/mol. The van der Waals surface area contributed by atoms with Crippen molar-refractivity contribution in [3.63, 3.8) is 0 Å². The molecule has 1 aromatic rings. The second-order valence-electron chi connectivity index (χ2n) is 3.55. The SMILES string of the molecule is CCN=C(C)Nc1c(N=O)nc(C)nc1OCN=[N+]=[N-]. The van der Waals surface area contributed by atoms with E-state index >= 15 is 0 Å². The summed E-state index contributed by atoms with van der Waals surface area (Å²) >= 11 is 0. The van der Waals surface area contributed by atoms with Crippen molar-refractivity contribution < 1.29 is 4.74 Å². The lowest BCUT2D eigenvalue weighted by atomic mass is 10.4. The van der Waals surface area contributed by atoms with Gasteiger partial charge in [0, 0.05) is 11.5 Å². The van der Waals surface area contributed by atoms with E-state index in [0.717, 1.165) is 0 Å². The third-order valence-electron chi connectivity index (χ3n) is 2.08. The molecule has 0 fully saturated rings. The lowest BCUT2D eigenvalue weighted by Gasteiger charge is -2.12. The van der Waals surface area contributed by atoms with Gasteiger partial charge in [-0.1, -0.05) is 5.11 Å². The first-order valence-corrected chi connectivity index (χ1v) is 5.76. The molecule has 1 rings (SSSR count). The molecule has 1 heterocycles. The first-order valence-electron chi connectivity index (χ1n) is 5.76. The average molecular weight is 278 g/mol. The van der Waals surface area contributed by atoms with E-state index in [9.17, 15) is 4.91 Å². The van der Waals surface area contributed by atoms with E-state index < -0.39 is 0 Å². The normalized spacial score (nSPS) is 10.7. The second-order valence-corrected chi connectivity index (χ2v) is 3.55. The lowest BCUT2D eigenvalue weighted by Crippen LogP contribution is -2.12. The molecule has 0 aromatic carbocycles. The highest BCUT2D eigenvalue weighted by molar-refractivity contribution is 5.96. The van der Waals surface area contributed by atoms with Crippen LogP contribution in [0.25, 0.3) is 10.4 Å². The van der Waals surface area contributed by atoms with Gasteiger partial charge in [0.05, 0.1) is 5.84 Å². The summed E-state index contributed by atoms with van der Waals surface area (Å²) in [6.07, 6.45) is 0. The molecule has 0 radical (unpaired) electrons. The molecule has 0 saturated carbocycles. The van der Waals surface area contributed by atoms with E-state index in [1.54, 1.807) is 13.8 Å². The Morgan fingerprint density at radius 2 is 2.25 bits per heavy atom. The van der Waals surface area contributed by atoms with E-state index in [1.165, 1.54) is 0 Å². The number of aliphatic imine (C=N–C) groups is 1. The number of nitrogens with zero attached hydrogens (tertiary/aromatic N) is 7. The van der Waals surface area contributed by atoms with Crippen molar-refractivity contribution in [2.45, 2.75) is 20.8 Å². The molecule has 0 aliphatic heterocycles. The number of nitrogens with one attached hydrogen (secondary N) is 1. The van der Waals surface area contributed by atoms with Crippen molar-refractivity contribution in [2.75, 3.05) is 18.6 Å². The molecule has 10 nitrogen and oxygen atoms in total. The fourth-order valence-corrected chi connectivity index (χ4v) is 1.39. The van der Waals surface area contributed by atoms with Gasteiger partial charge in [-0.3, -0.25) is 4.99 Å². The fraction of sp³-hybridized carbons (Fsp3) is 0.500. The number of ether oxygens (including phenoxy) is 1. The van der Waals surface area contributed by atoms with Gasteiger partial charge in [0.15, 0.2) is 12.4 Å². The van der Waals surface area contributed by atoms with Gasteiger partial charge in [0.2, 0.25) is 11.7 Å². The number of aryl methyl sites for hydroxylation is 1. The van der Waals surface area contributed by atoms with Crippen molar-refractivity contribution in [1.29, 1.82) is 0 Å². The van der Waals surface area contributed by atoms with E-state index in [4.69, 9.17) is 10.3 Å². The summed E-state index contributed by atoms with van der Waals surface area (Å²) in [5.74, 6) is 0.842. The zero-order valence-corrected chi connectivity index (χ0v) is 11.4. The average Bonchev–Trinajstić information content (AvgIpc) is 2.41. The monoisotopic (exact) mass is 278 g/mol. The maximum Gasteiger partial charge on any atom is 0.243 e. The molecule has 1 aromatic heterocycles. The molecule has 106 valence electrons. The number of rotatable bonds is 6. The molecule has 0 aliphatic rings. The van der Waals surface area contributed by atoms with Crippen LogP contribution in [0.2, 0.25) is 0 Å². The Morgan fingerprint density at radius 3 is 2.85 bits per heavy atom. The third kappa shape index (κ3) is 4.18. The summed E-state index contributed by atoms with van der Waals surface area (Å²) in [5, 5.41) is 8.93. The quantitative estimate of drug-likeness (QED) is 0.213. The maximum atomic E-state index is 10.8. The van der Waals surface area contributed by atoms with Gasteiger partial charge in [-0.05, 0) is 31.5 Å². The van der Waals surface area contributed by atoms with Crippen LogP contribution in [0.4, 0.5) is 11.5 Å². The van der Waals surface area contributed by atoms with Crippen LogP contribution >= 0.6 is 0 Å². The molecule has 10 heteroatoms. The van der Waals surface area contributed by atoms with Crippen LogP contribution in [0.3, 0.4) is 0 Å². The number of hydrogen-bond acceptors (Lipinski definition) is 7. The molecule has 0 atom stereocenters. The van der Waals surface area contributed by atoms with Crippen LogP contribution in [0.5, 0.6) is 5.88 Å². The van der Waals surface area contributed by atoms with Gasteiger partial charge in [-0.15, -0.1) is 4.91 Å². The van der Waals surface area contributed by atoms with Crippen LogP contribution < -0.4 is 10.1 Å². The van der Waals surface area contributed by atoms with Gasteiger partial charge in [-0.2, -0.15) is 4.98 Å². The van der Waals surface area contributed by atoms with Gasteiger partial charge >= 0.3 is 0 Å². The molecule has 0 spiro atoms. The van der Waals surface area contributed by atoms with Crippen LogP contribution in [0, 0.1) is 11.8 Å². The highest BCUT2D eigenvalue weighted by Crippen LogP contribution is 2.31. The van der Waals surface area contributed by atoms with Gasteiger partial charge in [0.1, 0.15) is 5.82 Å². The number of hydrogen-bond donors (Lipinski definition) is 1. The zero-order chi connectivity index (χ0) is 15.0. The summed E-state index contributed by atoms with van der Waals surface area (Å²) < 4.78 is 5.19. The lowest BCUT2D eigenvalue weighted by molar-refractivity contribution is 0.317. The van der Waals surface area contributed by atoms with Gasteiger partial charge in [0.25, 0.3) is 0 Å². The smallest absolute Gasteiger partial charge is 0.243 e. The zero-order valence-electron chi connectivity index (χ0n) is 11.4. The summed E-state index contributed by atoms with van der Waals surface area (Å²) in [4.78, 5) is 25.5. The minimum absolute atomic E-state index is 0.0742. The Labute approximate surface area is 114 Å². The third-order valence-corrected chi connectivity index (χ3v) is 2.08. The highest BCUT2D eigenvalue weighted by Gasteiger charge is 2.16. The molecule has 0 saturated heterocycles. The number of azide groups is 1. The highest BCUT2D eigenvalue weighted by atomic mass is 16.5. The summed E-state index contributed by atoms with van der Waals surface area (Å²) in [6, 6.07) is 0. The summed E-state index contributed by atoms with van der Waals surface area (Å²) in [5.41, 5.74) is 8.42. The van der Waals surface area contributed by atoms with E-state index in [-0.39, 0.29) is 24.1 Å². The van der Waals surface area contributed by atoms with Gasteiger partial charge in [-0.25, -0.2) is 4.98 Å². The first kappa shape index (κ1) is 15.3. The van der Waals surface area contributed by atoms with E-state index in [0.29, 0.717) is 18.2 Å². The molecule has 0 amide bonds. The van der Waals surface area contributed by atoms with Crippen LogP contribution in [0.1, 0.15) is 19.7 Å². The topological polar surface area (TPSA) is 138 Å². The molecular weight excluding hydrogens is 264 g/mol. The summed E-state index contributed by atoms with van der Waals surface area (Å²) in [6.45, 7) is 5.49. The number of nitroso groups, excluding NO2 is 1. The Kier molecular flexibility index (Phi) is 5.85. The molecule has 20 heavy (non-hydrogen) atoms. The number of aromatic nitrogens is 2. The van der Waals surface area contributed by atoms with E-state index in [1.807, 2.05) is 6.92 Å². The number of anilines is 1. The summed E-state index contributed by atoms with van der Waals surface area (Å²) in [7, 11) is 0. The first-order chi connectivity index (χ1) is 9.62. The van der Waals surface area contributed by atoms with Crippen molar-refractivity contribution >= 4 is 17.3 Å². The predicted octanol–water partition coefficient (Wildman–Crippen LogP) is 2.68. The molecule has 0 aliphatic carbocycles. The van der Waals surface area contributed by atoms with E-state index in [2.05, 4.69) is 35.5 Å². The standard InChI is InChI=1S/C10H14N8O2/c1-4-12-6(2)14-8-9(17-19)15-7(3)16-10(8)20-5-13-18-11/h4-5H2,1-3H3,(H,12,14). The largest absolute Gasteiger partial charge is 0.470 e.